The zero-order chi connectivity index (χ0) is 9.90. The van der Waals surface area contributed by atoms with Crippen LogP contribution in [0.2, 0.25) is 0 Å². The molecule has 0 aliphatic heterocycles. The number of carbonyl (C=O) groups excluding carboxylic acids is 1. The van der Waals surface area contributed by atoms with Crippen molar-refractivity contribution in [1.82, 2.24) is 0 Å². The molecule has 0 radical (unpaired) electrons. The van der Waals surface area contributed by atoms with Crippen LogP contribution in [0.3, 0.4) is 0 Å². The van der Waals surface area contributed by atoms with Gasteiger partial charge < -0.3 is 9.84 Å². The normalized spacial score (nSPS) is 34.2. The van der Waals surface area contributed by atoms with Crippen LogP contribution >= 0.6 is 0 Å². The molecule has 3 heteroatoms. The minimum atomic E-state index is -0.507. The summed E-state index contributed by atoms with van der Waals surface area (Å²) in [5.74, 6) is 0.277. The second-order valence-electron chi connectivity index (χ2n) is 4.22. The lowest BCUT2D eigenvalue weighted by atomic mass is 9.79. The third-order valence-corrected chi connectivity index (χ3v) is 2.87. The van der Waals surface area contributed by atoms with Gasteiger partial charge in [0.25, 0.3) is 0 Å². The Morgan fingerprint density at radius 1 is 1.54 bits per heavy atom. The highest BCUT2D eigenvalue weighted by molar-refractivity contribution is 5.69. The predicted molar refractivity (Wildman–Crippen MR) is 49.2 cm³/mol. The van der Waals surface area contributed by atoms with Crippen LogP contribution in [0.25, 0.3) is 0 Å². The van der Waals surface area contributed by atoms with Crippen molar-refractivity contribution < 1.29 is 14.6 Å². The molecule has 0 spiro atoms. The van der Waals surface area contributed by atoms with Crippen molar-refractivity contribution in [1.29, 1.82) is 0 Å². The Morgan fingerprint density at radius 3 is 2.54 bits per heavy atom. The summed E-state index contributed by atoms with van der Waals surface area (Å²) in [5, 5.41) is 9.67. The summed E-state index contributed by atoms with van der Waals surface area (Å²) < 4.78 is 4.60. The lowest BCUT2D eigenvalue weighted by molar-refractivity contribution is -0.142. The second kappa shape index (κ2) is 4.09. The van der Waals surface area contributed by atoms with E-state index < -0.39 is 5.60 Å². The molecule has 0 saturated heterocycles. The van der Waals surface area contributed by atoms with Crippen LogP contribution < -0.4 is 0 Å². The zero-order valence-corrected chi connectivity index (χ0v) is 8.38. The Hall–Kier alpha value is -0.570. The maximum absolute atomic E-state index is 11.0. The van der Waals surface area contributed by atoms with Gasteiger partial charge in [0.2, 0.25) is 0 Å². The smallest absolute Gasteiger partial charge is 0.305 e. The Balaban J connectivity index is 2.29. The van der Waals surface area contributed by atoms with Gasteiger partial charge in [0.05, 0.1) is 12.7 Å². The Kier molecular flexibility index (Phi) is 3.31. The fourth-order valence-corrected chi connectivity index (χ4v) is 1.82. The predicted octanol–water partition coefficient (Wildman–Crippen LogP) is 1.49. The van der Waals surface area contributed by atoms with Gasteiger partial charge >= 0.3 is 5.97 Å². The minimum absolute atomic E-state index is 0.133. The van der Waals surface area contributed by atoms with Crippen LogP contribution in [0.1, 0.15) is 39.0 Å². The molecule has 1 aliphatic rings. The summed E-state index contributed by atoms with van der Waals surface area (Å²) >= 11 is 0. The molecule has 0 unspecified atom stereocenters. The highest BCUT2D eigenvalue weighted by Crippen LogP contribution is 2.33. The van der Waals surface area contributed by atoms with Crippen molar-refractivity contribution in [2.45, 2.75) is 44.6 Å². The molecule has 0 aromatic heterocycles. The van der Waals surface area contributed by atoms with Crippen LogP contribution in [-0.2, 0) is 9.53 Å². The van der Waals surface area contributed by atoms with Crippen LogP contribution in [0.15, 0.2) is 0 Å². The Labute approximate surface area is 79.1 Å². The van der Waals surface area contributed by atoms with Gasteiger partial charge in [-0.15, -0.1) is 0 Å². The fourth-order valence-electron chi connectivity index (χ4n) is 1.82. The van der Waals surface area contributed by atoms with E-state index in [-0.39, 0.29) is 5.97 Å². The highest BCUT2D eigenvalue weighted by atomic mass is 16.5. The number of hydrogen-bond donors (Lipinski definition) is 1. The van der Waals surface area contributed by atoms with Gasteiger partial charge in [-0.2, -0.15) is 0 Å². The molecule has 1 saturated carbocycles. The molecule has 0 aromatic rings. The number of esters is 1. The minimum Gasteiger partial charge on any atom is -0.469 e. The summed E-state index contributed by atoms with van der Waals surface area (Å²) in [7, 11) is 1.42. The van der Waals surface area contributed by atoms with E-state index in [0.717, 1.165) is 25.7 Å². The molecule has 13 heavy (non-hydrogen) atoms. The maximum Gasteiger partial charge on any atom is 0.305 e. The molecule has 0 bridgehead atoms. The third kappa shape index (κ3) is 3.35. The SMILES string of the molecule is COC(=O)C[C@H]1CC[C@@](C)(O)CC1. The van der Waals surface area contributed by atoms with Gasteiger partial charge in [0.1, 0.15) is 0 Å². The van der Waals surface area contributed by atoms with Crippen molar-refractivity contribution >= 4 is 5.97 Å². The maximum atomic E-state index is 11.0. The summed E-state index contributed by atoms with van der Waals surface area (Å²) in [6.07, 6.45) is 3.97. The number of ether oxygens (including phenoxy) is 1. The standard InChI is InChI=1S/C10H18O3/c1-10(12)5-3-8(4-6-10)7-9(11)13-2/h8,12H,3-7H2,1-2H3/t8-,10+. The molecule has 1 fully saturated rings. The van der Waals surface area contributed by atoms with Gasteiger partial charge in [-0.05, 0) is 38.5 Å². The number of aliphatic hydroxyl groups is 1. The van der Waals surface area contributed by atoms with Crippen LogP contribution in [0.5, 0.6) is 0 Å². The summed E-state index contributed by atoms with van der Waals surface area (Å²) in [5.41, 5.74) is -0.507. The fraction of sp³-hybridized carbons (Fsp3) is 0.900. The van der Waals surface area contributed by atoms with Crippen LogP contribution in [-0.4, -0.2) is 23.8 Å². The van der Waals surface area contributed by atoms with Crippen molar-refractivity contribution in [2.24, 2.45) is 5.92 Å². The Morgan fingerprint density at radius 2 is 2.08 bits per heavy atom. The first-order valence-corrected chi connectivity index (χ1v) is 4.83. The van der Waals surface area contributed by atoms with Gasteiger partial charge in [-0.3, -0.25) is 4.79 Å². The molecule has 0 heterocycles. The lowest BCUT2D eigenvalue weighted by Crippen LogP contribution is -2.31. The number of methoxy groups -OCH3 is 1. The first-order chi connectivity index (χ1) is 6.03. The molecular formula is C10H18O3. The van der Waals surface area contributed by atoms with Gasteiger partial charge in [0, 0.05) is 6.42 Å². The first kappa shape index (κ1) is 10.5. The molecule has 1 aliphatic carbocycles. The van der Waals surface area contributed by atoms with Gasteiger partial charge in [0.15, 0.2) is 0 Å². The molecule has 76 valence electrons. The second-order valence-corrected chi connectivity index (χ2v) is 4.22. The topological polar surface area (TPSA) is 46.5 Å². The Bertz CT molecular complexity index is 177. The van der Waals surface area contributed by atoms with E-state index in [4.69, 9.17) is 0 Å². The molecular weight excluding hydrogens is 168 g/mol. The van der Waals surface area contributed by atoms with E-state index in [1.54, 1.807) is 0 Å². The molecule has 0 amide bonds. The first-order valence-electron chi connectivity index (χ1n) is 4.83. The largest absolute Gasteiger partial charge is 0.469 e. The lowest BCUT2D eigenvalue weighted by Gasteiger charge is -2.32. The monoisotopic (exact) mass is 186 g/mol. The number of carbonyl (C=O) groups is 1. The van der Waals surface area contributed by atoms with Crippen molar-refractivity contribution in [3.63, 3.8) is 0 Å². The average molecular weight is 186 g/mol. The number of hydrogen-bond acceptors (Lipinski definition) is 3. The third-order valence-electron chi connectivity index (χ3n) is 2.87. The average Bonchev–Trinajstić information content (AvgIpc) is 2.08. The van der Waals surface area contributed by atoms with E-state index >= 15 is 0 Å². The molecule has 1 N–H and O–H groups in total. The zero-order valence-electron chi connectivity index (χ0n) is 8.38. The van der Waals surface area contributed by atoms with Crippen molar-refractivity contribution in [3.05, 3.63) is 0 Å². The quantitative estimate of drug-likeness (QED) is 0.665. The van der Waals surface area contributed by atoms with Crippen LogP contribution in [0, 0.1) is 5.92 Å². The summed E-state index contributed by atoms with van der Waals surface area (Å²) in [6, 6.07) is 0. The highest BCUT2D eigenvalue weighted by Gasteiger charge is 2.29. The van der Waals surface area contributed by atoms with E-state index in [9.17, 15) is 9.90 Å². The molecule has 0 atom stereocenters. The molecule has 1 rings (SSSR count). The van der Waals surface area contributed by atoms with Gasteiger partial charge in [-0.1, -0.05) is 0 Å². The van der Waals surface area contributed by atoms with Gasteiger partial charge in [-0.25, -0.2) is 0 Å². The van der Waals surface area contributed by atoms with E-state index in [2.05, 4.69) is 4.74 Å². The van der Waals surface area contributed by atoms with E-state index in [1.165, 1.54) is 7.11 Å². The van der Waals surface area contributed by atoms with Crippen LogP contribution in [0.4, 0.5) is 0 Å². The molecule has 3 nitrogen and oxygen atoms in total. The number of rotatable bonds is 2. The van der Waals surface area contributed by atoms with Crippen molar-refractivity contribution in [2.75, 3.05) is 7.11 Å². The van der Waals surface area contributed by atoms with E-state index in [0.29, 0.717) is 12.3 Å². The summed E-state index contributed by atoms with van der Waals surface area (Å²) in [6.45, 7) is 1.86. The summed E-state index contributed by atoms with van der Waals surface area (Å²) in [4.78, 5) is 11.0. The van der Waals surface area contributed by atoms with Crippen molar-refractivity contribution in [3.8, 4) is 0 Å². The van der Waals surface area contributed by atoms with E-state index in [1.807, 2.05) is 6.92 Å². The molecule has 0 aromatic carbocycles.